The van der Waals surface area contributed by atoms with Crippen molar-refractivity contribution in [3.8, 4) is 5.69 Å². The third-order valence-corrected chi connectivity index (χ3v) is 7.09. The maximum atomic E-state index is 13.1. The first kappa shape index (κ1) is 20.1. The summed E-state index contributed by atoms with van der Waals surface area (Å²) >= 11 is 1.48. The van der Waals surface area contributed by atoms with Gasteiger partial charge in [-0.15, -0.1) is 11.3 Å². The van der Waals surface area contributed by atoms with Crippen molar-refractivity contribution in [3.63, 3.8) is 0 Å². The number of carbonyl (C=O) groups is 1. The Morgan fingerprint density at radius 3 is 2.79 bits per heavy atom. The number of nitrogens with one attached hydrogen (secondary N) is 1. The predicted molar refractivity (Wildman–Crippen MR) is 120 cm³/mol. The van der Waals surface area contributed by atoms with Gasteiger partial charge in [0.25, 0.3) is 5.91 Å². The van der Waals surface area contributed by atoms with Crippen molar-refractivity contribution >= 4 is 27.5 Å². The number of nitrogens with zero attached hydrogens (tertiary/aromatic N) is 3. The van der Waals surface area contributed by atoms with Crippen LogP contribution >= 0.6 is 11.3 Å². The first-order valence-corrected chi connectivity index (χ1v) is 11.4. The van der Waals surface area contributed by atoms with E-state index in [9.17, 15) is 4.79 Å². The van der Waals surface area contributed by atoms with Crippen LogP contribution < -0.4 is 5.32 Å². The Morgan fingerprint density at radius 1 is 1.24 bits per heavy atom. The second kappa shape index (κ2) is 8.67. The van der Waals surface area contributed by atoms with Gasteiger partial charge in [0.2, 0.25) is 0 Å². The molecular weight excluding hydrogens is 380 g/mol. The third kappa shape index (κ3) is 4.09. The van der Waals surface area contributed by atoms with E-state index in [2.05, 4.69) is 58.7 Å². The number of rotatable bonds is 6. The van der Waals surface area contributed by atoms with Crippen molar-refractivity contribution in [2.45, 2.75) is 52.5 Å². The number of aryl methyl sites for hydroxylation is 2. The van der Waals surface area contributed by atoms with Crippen molar-refractivity contribution in [1.29, 1.82) is 0 Å². The minimum absolute atomic E-state index is 0.00203. The number of hydrogen-bond acceptors (Lipinski definition) is 4. The second-order valence-corrected chi connectivity index (χ2v) is 9.08. The highest BCUT2D eigenvalue weighted by molar-refractivity contribution is 7.21. The molecule has 3 aromatic heterocycles. The molecule has 1 fully saturated rings. The predicted octanol–water partition coefficient (Wildman–Crippen LogP) is 4.70. The highest BCUT2D eigenvalue weighted by Crippen LogP contribution is 2.34. The highest BCUT2D eigenvalue weighted by atomic mass is 32.1. The molecule has 0 bridgehead atoms. The lowest BCUT2D eigenvalue weighted by atomic mass is 10.0. The van der Waals surface area contributed by atoms with Crippen LogP contribution in [0.25, 0.3) is 15.9 Å². The van der Waals surface area contributed by atoms with Crippen molar-refractivity contribution in [3.05, 3.63) is 46.7 Å². The maximum Gasteiger partial charge on any atom is 0.263 e. The number of aromatic nitrogens is 2. The number of amides is 1. The second-order valence-electron chi connectivity index (χ2n) is 8.08. The topological polar surface area (TPSA) is 50.2 Å². The highest BCUT2D eigenvalue weighted by Gasteiger charge is 2.22. The summed E-state index contributed by atoms with van der Waals surface area (Å²) in [4.78, 5) is 21.8. The van der Waals surface area contributed by atoms with E-state index >= 15 is 0 Å². The molecule has 4 heterocycles. The SMILES string of the molecule is Cc1ccc(C)n1-c1c(C(=O)NCCCN2CCCCC2C)sc2ncccc12. The molecule has 0 aliphatic carbocycles. The molecule has 6 heteroatoms. The van der Waals surface area contributed by atoms with Gasteiger partial charge in [0, 0.05) is 42.1 Å². The van der Waals surface area contributed by atoms with E-state index in [4.69, 9.17) is 0 Å². The van der Waals surface area contributed by atoms with Crippen LogP contribution in [0.5, 0.6) is 0 Å². The molecule has 0 saturated carbocycles. The van der Waals surface area contributed by atoms with Gasteiger partial charge in [-0.05, 0) is 70.8 Å². The molecule has 154 valence electrons. The Bertz CT molecular complexity index is 986. The van der Waals surface area contributed by atoms with Crippen molar-refractivity contribution < 1.29 is 4.79 Å². The molecule has 1 aliphatic heterocycles. The number of pyridine rings is 1. The van der Waals surface area contributed by atoms with Gasteiger partial charge in [-0.3, -0.25) is 4.79 Å². The number of likely N-dealkylation sites (tertiary alicyclic amines) is 1. The monoisotopic (exact) mass is 410 g/mol. The standard InChI is InChI=1S/C23H30N4OS/c1-16-8-4-5-14-26(16)15-7-13-24-22(28)21-20(27-17(2)10-11-18(27)3)19-9-6-12-25-23(19)29-21/h6,9-12,16H,4-5,7-8,13-15H2,1-3H3,(H,24,28). The lowest BCUT2D eigenvalue weighted by Crippen LogP contribution is -2.39. The number of thiophene rings is 1. The van der Waals surface area contributed by atoms with Crippen LogP contribution in [0.15, 0.2) is 30.5 Å². The molecule has 4 rings (SSSR count). The Morgan fingerprint density at radius 2 is 2.03 bits per heavy atom. The van der Waals surface area contributed by atoms with Gasteiger partial charge in [-0.25, -0.2) is 4.98 Å². The van der Waals surface area contributed by atoms with Crippen LogP contribution in [0.2, 0.25) is 0 Å². The molecule has 5 nitrogen and oxygen atoms in total. The molecule has 1 saturated heterocycles. The first-order valence-electron chi connectivity index (χ1n) is 10.6. The Labute approximate surface area is 176 Å². The Kier molecular flexibility index (Phi) is 6.01. The number of hydrogen-bond donors (Lipinski definition) is 1. The fourth-order valence-electron chi connectivity index (χ4n) is 4.37. The van der Waals surface area contributed by atoms with E-state index in [-0.39, 0.29) is 5.91 Å². The van der Waals surface area contributed by atoms with Crippen LogP contribution in [0, 0.1) is 13.8 Å². The minimum Gasteiger partial charge on any atom is -0.351 e. The van der Waals surface area contributed by atoms with E-state index in [1.807, 2.05) is 6.07 Å². The summed E-state index contributed by atoms with van der Waals surface area (Å²) in [5.74, 6) is 0.00203. The molecule has 1 atom stereocenters. The number of carbonyl (C=O) groups excluding carboxylic acids is 1. The summed E-state index contributed by atoms with van der Waals surface area (Å²) in [5.41, 5.74) is 3.21. The third-order valence-electron chi connectivity index (χ3n) is 5.99. The molecule has 1 amide bonds. The van der Waals surface area contributed by atoms with Crippen molar-refractivity contribution in [1.82, 2.24) is 19.8 Å². The largest absolute Gasteiger partial charge is 0.351 e. The van der Waals surface area contributed by atoms with Crippen molar-refractivity contribution in [2.24, 2.45) is 0 Å². The fourth-order valence-corrected chi connectivity index (χ4v) is 5.42. The van der Waals surface area contributed by atoms with Gasteiger partial charge >= 0.3 is 0 Å². The van der Waals surface area contributed by atoms with Gasteiger partial charge in [0.05, 0.1) is 5.69 Å². The van der Waals surface area contributed by atoms with Crippen LogP contribution in [0.3, 0.4) is 0 Å². The van der Waals surface area contributed by atoms with Crippen LogP contribution in [-0.2, 0) is 0 Å². The lowest BCUT2D eigenvalue weighted by molar-refractivity contribution is 0.0953. The molecule has 0 spiro atoms. The molecule has 3 aromatic rings. The summed E-state index contributed by atoms with van der Waals surface area (Å²) in [7, 11) is 0. The average molecular weight is 411 g/mol. The zero-order valence-corrected chi connectivity index (χ0v) is 18.4. The summed E-state index contributed by atoms with van der Waals surface area (Å²) in [6.45, 7) is 9.41. The van der Waals surface area contributed by atoms with Crippen LogP contribution in [0.4, 0.5) is 0 Å². The van der Waals surface area contributed by atoms with E-state index < -0.39 is 0 Å². The van der Waals surface area contributed by atoms with E-state index in [1.54, 1.807) is 6.20 Å². The van der Waals surface area contributed by atoms with E-state index in [0.717, 1.165) is 45.1 Å². The van der Waals surface area contributed by atoms with Gasteiger partial charge in [0.1, 0.15) is 9.71 Å². The normalized spacial score (nSPS) is 17.7. The molecule has 29 heavy (non-hydrogen) atoms. The molecule has 1 unspecified atom stereocenters. The molecule has 0 aromatic carbocycles. The fraction of sp³-hybridized carbons (Fsp3) is 0.478. The molecule has 0 radical (unpaired) electrons. The van der Waals surface area contributed by atoms with E-state index in [1.165, 1.54) is 37.1 Å². The first-order chi connectivity index (χ1) is 14.1. The van der Waals surface area contributed by atoms with Crippen molar-refractivity contribution in [2.75, 3.05) is 19.6 Å². The smallest absolute Gasteiger partial charge is 0.263 e. The molecule has 1 N–H and O–H groups in total. The summed E-state index contributed by atoms with van der Waals surface area (Å²) in [6.07, 6.45) is 6.70. The zero-order valence-electron chi connectivity index (χ0n) is 17.6. The summed E-state index contributed by atoms with van der Waals surface area (Å²) in [5, 5.41) is 4.19. The number of piperidine rings is 1. The van der Waals surface area contributed by atoms with Gasteiger partial charge in [-0.1, -0.05) is 6.42 Å². The lowest BCUT2D eigenvalue weighted by Gasteiger charge is -2.33. The quantitative estimate of drug-likeness (QED) is 0.600. The van der Waals surface area contributed by atoms with Crippen LogP contribution in [-0.4, -0.2) is 46.0 Å². The molecule has 1 aliphatic rings. The zero-order chi connectivity index (χ0) is 20.4. The summed E-state index contributed by atoms with van der Waals surface area (Å²) < 4.78 is 2.17. The Balaban J connectivity index is 1.51. The molecular formula is C23H30N4OS. The van der Waals surface area contributed by atoms with Gasteiger partial charge in [-0.2, -0.15) is 0 Å². The number of fused-ring (bicyclic) bond motifs is 1. The summed E-state index contributed by atoms with van der Waals surface area (Å²) in [6, 6.07) is 8.85. The average Bonchev–Trinajstić information content (AvgIpc) is 3.25. The Hall–Kier alpha value is -2.18. The van der Waals surface area contributed by atoms with Gasteiger partial charge in [0.15, 0.2) is 0 Å². The van der Waals surface area contributed by atoms with Crippen LogP contribution in [0.1, 0.15) is 53.7 Å². The van der Waals surface area contributed by atoms with E-state index in [0.29, 0.717) is 12.6 Å². The van der Waals surface area contributed by atoms with Gasteiger partial charge < -0.3 is 14.8 Å². The minimum atomic E-state index is 0.00203. The maximum absolute atomic E-state index is 13.1.